The van der Waals surface area contributed by atoms with Gasteiger partial charge in [0, 0.05) is 25.5 Å². The summed E-state index contributed by atoms with van der Waals surface area (Å²) in [5, 5.41) is 3.20. The van der Waals surface area contributed by atoms with Gasteiger partial charge in [-0.3, -0.25) is 5.43 Å². The summed E-state index contributed by atoms with van der Waals surface area (Å²) in [6.07, 6.45) is 6.05. The summed E-state index contributed by atoms with van der Waals surface area (Å²) in [5.74, 6) is 6.91. The van der Waals surface area contributed by atoms with Crippen molar-refractivity contribution < 1.29 is 0 Å². The van der Waals surface area contributed by atoms with Crippen LogP contribution in [0.2, 0.25) is 0 Å². The van der Waals surface area contributed by atoms with Crippen LogP contribution in [0.1, 0.15) is 18.7 Å². The van der Waals surface area contributed by atoms with Gasteiger partial charge in [0.2, 0.25) is 5.96 Å². The molecule has 6 nitrogen and oxygen atoms in total. The summed E-state index contributed by atoms with van der Waals surface area (Å²) in [6, 6.07) is 0.543. The first kappa shape index (κ1) is 9.97. The Bertz CT molecular complexity index is 351. The van der Waals surface area contributed by atoms with E-state index in [1.54, 1.807) is 6.20 Å². The Morgan fingerprint density at radius 1 is 1.73 bits per heavy atom. The first-order valence-electron chi connectivity index (χ1n) is 5.03. The van der Waals surface area contributed by atoms with E-state index in [-0.39, 0.29) is 0 Å². The molecule has 15 heavy (non-hydrogen) atoms. The molecule has 1 heterocycles. The molecule has 0 unspecified atom stereocenters. The maximum Gasteiger partial charge on any atom is 0.206 e. The number of hydrogen-bond acceptors (Lipinski definition) is 3. The minimum Gasteiger partial charge on any atom is -0.353 e. The number of nitrogens with zero attached hydrogens (tertiary/aromatic N) is 3. The molecule has 82 valence electrons. The lowest BCUT2D eigenvalue weighted by Crippen LogP contribution is -2.42. The quantitative estimate of drug-likeness (QED) is 0.270. The molecule has 0 spiro atoms. The average molecular weight is 208 g/mol. The van der Waals surface area contributed by atoms with Gasteiger partial charge in [-0.1, -0.05) is 0 Å². The van der Waals surface area contributed by atoms with E-state index in [1.807, 2.05) is 17.8 Å². The van der Waals surface area contributed by atoms with Gasteiger partial charge in [0.05, 0.1) is 0 Å². The number of nitrogens with one attached hydrogen (secondary N) is 2. The highest BCUT2D eigenvalue weighted by molar-refractivity contribution is 5.79. The van der Waals surface area contributed by atoms with Crippen molar-refractivity contribution in [1.29, 1.82) is 0 Å². The summed E-state index contributed by atoms with van der Waals surface area (Å²) < 4.78 is 1.94. The highest BCUT2D eigenvalue weighted by atomic mass is 15.3. The molecule has 0 aliphatic heterocycles. The van der Waals surface area contributed by atoms with Gasteiger partial charge in [0.25, 0.3) is 0 Å². The molecule has 1 aromatic heterocycles. The van der Waals surface area contributed by atoms with Crippen molar-refractivity contribution in [3.05, 3.63) is 18.2 Å². The summed E-state index contributed by atoms with van der Waals surface area (Å²) in [4.78, 5) is 8.49. The largest absolute Gasteiger partial charge is 0.353 e. The highest BCUT2D eigenvalue weighted by Crippen LogP contribution is 2.18. The van der Waals surface area contributed by atoms with Crippen molar-refractivity contribution in [2.45, 2.75) is 25.4 Å². The van der Waals surface area contributed by atoms with Crippen LogP contribution in [0, 0.1) is 0 Å². The summed E-state index contributed by atoms with van der Waals surface area (Å²) >= 11 is 0. The van der Waals surface area contributed by atoms with Crippen LogP contribution in [0.25, 0.3) is 0 Å². The second-order valence-electron chi connectivity index (χ2n) is 3.68. The van der Waals surface area contributed by atoms with Crippen LogP contribution < -0.4 is 16.6 Å². The number of imidazole rings is 1. The van der Waals surface area contributed by atoms with Crippen molar-refractivity contribution in [2.24, 2.45) is 17.9 Å². The zero-order valence-corrected chi connectivity index (χ0v) is 8.77. The zero-order valence-electron chi connectivity index (χ0n) is 8.77. The second kappa shape index (κ2) is 4.31. The Kier molecular flexibility index (Phi) is 2.86. The highest BCUT2D eigenvalue weighted by Gasteiger charge is 2.21. The second-order valence-corrected chi connectivity index (χ2v) is 3.68. The van der Waals surface area contributed by atoms with Crippen LogP contribution in [-0.4, -0.2) is 21.6 Å². The first-order chi connectivity index (χ1) is 7.29. The predicted octanol–water partition coefficient (Wildman–Crippen LogP) is -0.509. The smallest absolute Gasteiger partial charge is 0.206 e. The summed E-state index contributed by atoms with van der Waals surface area (Å²) in [7, 11) is 1.95. The van der Waals surface area contributed by atoms with E-state index >= 15 is 0 Å². The lowest BCUT2D eigenvalue weighted by molar-refractivity contribution is 0.769. The molecule has 1 aliphatic carbocycles. The molecule has 0 bridgehead atoms. The first-order valence-corrected chi connectivity index (χ1v) is 5.03. The van der Waals surface area contributed by atoms with Crippen molar-refractivity contribution in [3.63, 3.8) is 0 Å². The Morgan fingerprint density at radius 3 is 3.07 bits per heavy atom. The molecule has 1 fully saturated rings. The van der Waals surface area contributed by atoms with Gasteiger partial charge in [0.15, 0.2) is 0 Å². The van der Waals surface area contributed by atoms with Crippen molar-refractivity contribution in [1.82, 2.24) is 20.3 Å². The SMILES string of the molecule is Cn1ccnc1CN=C(NN)NC1CC1. The number of nitrogens with two attached hydrogens (primary N) is 1. The Hall–Kier alpha value is -1.56. The van der Waals surface area contributed by atoms with Crippen LogP contribution in [0.4, 0.5) is 0 Å². The standard InChI is InChI=1S/C9H16N6/c1-15-5-4-11-8(15)6-12-9(14-10)13-7-2-3-7/h4-5,7H,2-3,6,10H2,1H3,(H2,12,13,14). The molecule has 4 N–H and O–H groups in total. The fourth-order valence-electron chi connectivity index (χ4n) is 1.25. The molecule has 2 rings (SSSR count). The van der Waals surface area contributed by atoms with Crippen LogP contribution >= 0.6 is 0 Å². The normalized spacial score (nSPS) is 16.5. The van der Waals surface area contributed by atoms with Gasteiger partial charge in [-0.2, -0.15) is 0 Å². The van der Waals surface area contributed by atoms with Gasteiger partial charge >= 0.3 is 0 Å². The van der Waals surface area contributed by atoms with E-state index < -0.39 is 0 Å². The molecule has 6 heteroatoms. The van der Waals surface area contributed by atoms with Gasteiger partial charge in [-0.05, 0) is 12.8 Å². The maximum absolute atomic E-state index is 5.36. The number of hydrogen-bond donors (Lipinski definition) is 3. The lowest BCUT2D eigenvalue weighted by Gasteiger charge is -2.07. The van der Waals surface area contributed by atoms with E-state index in [0.717, 1.165) is 5.82 Å². The number of aliphatic imine (C=N–C) groups is 1. The van der Waals surface area contributed by atoms with Gasteiger partial charge < -0.3 is 9.88 Å². The fraction of sp³-hybridized carbons (Fsp3) is 0.556. The van der Waals surface area contributed by atoms with Crippen molar-refractivity contribution >= 4 is 5.96 Å². The number of aromatic nitrogens is 2. The van der Waals surface area contributed by atoms with E-state index in [1.165, 1.54) is 12.8 Å². The molecule has 1 saturated carbocycles. The average Bonchev–Trinajstić information content (AvgIpc) is 2.96. The Labute approximate surface area is 88.6 Å². The molecule has 0 amide bonds. The van der Waals surface area contributed by atoms with Gasteiger partial charge in [-0.15, -0.1) is 0 Å². The van der Waals surface area contributed by atoms with Crippen LogP contribution in [0.5, 0.6) is 0 Å². The van der Waals surface area contributed by atoms with Crippen LogP contribution in [0.3, 0.4) is 0 Å². The summed E-state index contributed by atoms with van der Waals surface area (Å²) in [5.41, 5.74) is 2.56. The van der Waals surface area contributed by atoms with Gasteiger partial charge in [-0.25, -0.2) is 15.8 Å². The number of aryl methyl sites for hydroxylation is 1. The molecule has 0 atom stereocenters. The Morgan fingerprint density at radius 2 is 2.53 bits per heavy atom. The van der Waals surface area contributed by atoms with E-state index in [2.05, 4.69) is 20.7 Å². The Balaban J connectivity index is 1.92. The number of rotatable bonds is 3. The molecule has 0 aromatic carbocycles. The molecule has 0 radical (unpaired) electrons. The van der Waals surface area contributed by atoms with Gasteiger partial charge in [0.1, 0.15) is 12.4 Å². The molecule has 1 aromatic rings. The summed E-state index contributed by atoms with van der Waals surface area (Å²) in [6.45, 7) is 0.531. The number of guanidine groups is 1. The van der Waals surface area contributed by atoms with Crippen LogP contribution in [-0.2, 0) is 13.6 Å². The van der Waals surface area contributed by atoms with E-state index in [0.29, 0.717) is 18.5 Å². The monoisotopic (exact) mass is 208 g/mol. The minimum atomic E-state index is 0.531. The lowest BCUT2D eigenvalue weighted by atomic mass is 10.6. The third-order valence-corrected chi connectivity index (χ3v) is 2.35. The maximum atomic E-state index is 5.36. The molecule has 1 aliphatic rings. The van der Waals surface area contributed by atoms with Crippen molar-refractivity contribution in [2.75, 3.05) is 0 Å². The topological polar surface area (TPSA) is 80.3 Å². The zero-order chi connectivity index (χ0) is 10.7. The van der Waals surface area contributed by atoms with E-state index in [9.17, 15) is 0 Å². The molecular formula is C9H16N6. The fourth-order valence-corrected chi connectivity index (χ4v) is 1.25. The van der Waals surface area contributed by atoms with Crippen molar-refractivity contribution in [3.8, 4) is 0 Å². The minimum absolute atomic E-state index is 0.531. The third-order valence-electron chi connectivity index (χ3n) is 2.35. The predicted molar refractivity (Wildman–Crippen MR) is 57.8 cm³/mol. The van der Waals surface area contributed by atoms with Crippen LogP contribution in [0.15, 0.2) is 17.4 Å². The number of hydrazine groups is 1. The molecule has 0 saturated heterocycles. The molecular weight excluding hydrogens is 192 g/mol. The van der Waals surface area contributed by atoms with E-state index in [4.69, 9.17) is 5.84 Å². The third kappa shape index (κ3) is 2.69.